The Balaban J connectivity index is 1.93. The van der Waals surface area contributed by atoms with E-state index in [1.807, 2.05) is 50.4 Å². The van der Waals surface area contributed by atoms with E-state index in [2.05, 4.69) is 27.8 Å². The number of nitrogens with zero attached hydrogens (tertiary/aromatic N) is 2. The average Bonchev–Trinajstić information content (AvgIpc) is 3.19. The number of amides is 2. The van der Waals surface area contributed by atoms with Crippen LogP contribution >= 0.6 is 15.9 Å². The van der Waals surface area contributed by atoms with Crippen molar-refractivity contribution in [2.24, 2.45) is 0 Å². The van der Waals surface area contributed by atoms with Crippen LogP contribution in [-0.4, -0.2) is 46.3 Å². The third kappa shape index (κ3) is 6.67. The van der Waals surface area contributed by atoms with Crippen molar-refractivity contribution in [1.29, 1.82) is 0 Å². The first-order chi connectivity index (χ1) is 17.4. The molecule has 0 radical (unpaired) electrons. The molecule has 0 fully saturated rings. The minimum Gasteiger partial charge on any atom is -0.478 e. The molecule has 1 aromatic heterocycles. The molecule has 3 aromatic rings. The van der Waals surface area contributed by atoms with Gasteiger partial charge in [0.1, 0.15) is 30.3 Å². The molecule has 2 aromatic carbocycles. The number of carboxylic acids is 1. The maximum Gasteiger partial charge on any atom is 0.416 e. The molecule has 0 bridgehead atoms. The SMILES string of the molecule is C=CCc1cc(C[N+](C)(Cc2nc(-c3cccc(Br)c3)oc2C)C(=O)NC)ccc1OC(C)(C)C(=O)O. The van der Waals surface area contributed by atoms with Crippen molar-refractivity contribution in [2.75, 3.05) is 14.1 Å². The Hall–Kier alpha value is -3.43. The lowest BCUT2D eigenvalue weighted by atomic mass is 10.0. The number of benzene rings is 2. The number of aliphatic carboxylic acids is 1. The number of carboxylic acid groups (broad SMARTS) is 1. The number of oxazole rings is 1. The predicted octanol–water partition coefficient (Wildman–Crippen LogP) is 5.87. The number of aromatic nitrogens is 1. The van der Waals surface area contributed by atoms with Crippen LogP contribution in [0.2, 0.25) is 0 Å². The Morgan fingerprint density at radius 2 is 1.97 bits per heavy atom. The van der Waals surface area contributed by atoms with Crippen molar-refractivity contribution in [3.63, 3.8) is 0 Å². The molecule has 2 N–H and O–H groups in total. The number of hydrogen-bond acceptors (Lipinski definition) is 5. The molecule has 37 heavy (non-hydrogen) atoms. The maximum atomic E-state index is 13.1. The van der Waals surface area contributed by atoms with Crippen LogP contribution in [0.5, 0.6) is 5.75 Å². The van der Waals surface area contributed by atoms with Crippen molar-refractivity contribution < 1.29 is 28.3 Å². The summed E-state index contributed by atoms with van der Waals surface area (Å²) in [7, 11) is 3.45. The molecule has 8 nitrogen and oxygen atoms in total. The second-order valence-corrected chi connectivity index (χ2v) is 10.6. The van der Waals surface area contributed by atoms with Gasteiger partial charge in [0.25, 0.3) is 0 Å². The van der Waals surface area contributed by atoms with Crippen LogP contribution in [0, 0.1) is 6.92 Å². The number of carbonyl (C=O) groups excluding carboxylic acids is 1. The van der Waals surface area contributed by atoms with Gasteiger partial charge in [-0.05, 0) is 69.2 Å². The molecule has 196 valence electrons. The lowest BCUT2D eigenvalue weighted by Gasteiger charge is -2.31. The molecule has 0 aliphatic carbocycles. The Morgan fingerprint density at radius 1 is 1.24 bits per heavy atom. The van der Waals surface area contributed by atoms with E-state index in [0.717, 1.165) is 21.2 Å². The third-order valence-electron chi connectivity index (χ3n) is 6.07. The second kappa shape index (κ2) is 11.3. The minimum atomic E-state index is -1.39. The fourth-order valence-corrected chi connectivity index (χ4v) is 4.39. The first kappa shape index (κ1) is 28.1. The van der Waals surface area contributed by atoms with Gasteiger partial charge in [0.05, 0.1) is 7.05 Å². The van der Waals surface area contributed by atoms with Crippen molar-refractivity contribution >= 4 is 27.9 Å². The monoisotopic (exact) mass is 570 g/mol. The van der Waals surface area contributed by atoms with E-state index >= 15 is 0 Å². The molecular weight excluding hydrogens is 538 g/mol. The van der Waals surface area contributed by atoms with Crippen molar-refractivity contribution in [3.8, 4) is 17.2 Å². The summed E-state index contributed by atoms with van der Waals surface area (Å²) in [5, 5.41) is 12.2. The van der Waals surface area contributed by atoms with Gasteiger partial charge in [0, 0.05) is 22.6 Å². The number of quaternary nitrogens is 1. The van der Waals surface area contributed by atoms with Gasteiger partial charge in [-0.2, -0.15) is 0 Å². The predicted molar refractivity (Wildman–Crippen MR) is 145 cm³/mol. The maximum absolute atomic E-state index is 13.1. The van der Waals surface area contributed by atoms with Gasteiger partial charge in [0.2, 0.25) is 5.89 Å². The molecule has 0 saturated carbocycles. The molecule has 1 atom stereocenters. The summed E-state index contributed by atoms with van der Waals surface area (Å²) in [6, 6.07) is 13.0. The number of halogens is 1. The Kier molecular flexibility index (Phi) is 8.60. The van der Waals surface area contributed by atoms with Crippen molar-refractivity contribution in [2.45, 2.75) is 45.9 Å². The number of allylic oxidation sites excluding steroid dienone is 1. The van der Waals surface area contributed by atoms with Gasteiger partial charge in [-0.3, -0.25) is 0 Å². The summed E-state index contributed by atoms with van der Waals surface area (Å²) in [4.78, 5) is 29.4. The van der Waals surface area contributed by atoms with Crippen molar-refractivity contribution in [1.82, 2.24) is 10.3 Å². The first-order valence-electron chi connectivity index (χ1n) is 11.8. The number of urea groups is 1. The zero-order valence-corrected chi connectivity index (χ0v) is 23.4. The summed E-state index contributed by atoms with van der Waals surface area (Å²) in [6.45, 7) is 9.34. The van der Waals surface area contributed by atoms with Gasteiger partial charge in [-0.15, -0.1) is 6.58 Å². The Bertz CT molecular complexity index is 1320. The van der Waals surface area contributed by atoms with Gasteiger partial charge in [-0.1, -0.05) is 28.1 Å². The Morgan fingerprint density at radius 3 is 2.59 bits per heavy atom. The molecular formula is C28H33BrN3O5+. The Labute approximate surface area is 225 Å². The second-order valence-electron chi connectivity index (χ2n) is 9.65. The van der Waals surface area contributed by atoms with Gasteiger partial charge < -0.3 is 19.6 Å². The smallest absolute Gasteiger partial charge is 0.416 e. The fraction of sp³-hybridized carbons (Fsp3) is 0.321. The topological polar surface area (TPSA) is 102 Å². The van der Waals surface area contributed by atoms with Crippen LogP contribution in [0.25, 0.3) is 11.5 Å². The molecule has 0 aliphatic rings. The lowest BCUT2D eigenvalue weighted by molar-refractivity contribution is -0.858. The van der Waals surface area contributed by atoms with Crippen LogP contribution in [0.1, 0.15) is 36.4 Å². The first-order valence-corrected chi connectivity index (χ1v) is 12.6. The number of carbonyl (C=O) groups is 2. The van der Waals surface area contributed by atoms with Gasteiger partial charge in [-0.25, -0.2) is 19.1 Å². The number of ether oxygens (including phenoxy) is 1. The zero-order valence-electron chi connectivity index (χ0n) is 21.8. The molecule has 0 spiro atoms. The summed E-state index contributed by atoms with van der Waals surface area (Å²) >= 11 is 3.47. The largest absolute Gasteiger partial charge is 0.478 e. The highest BCUT2D eigenvalue weighted by atomic mass is 79.9. The number of rotatable bonds is 10. The van der Waals surface area contributed by atoms with E-state index in [1.165, 1.54) is 13.8 Å². The number of aryl methyl sites for hydroxylation is 1. The summed E-state index contributed by atoms with van der Waals surface area (Å²) in [6.07, 6.45) is 2.22. The summed E-state index contributed by atoms with van der Waals surface area (Å²) in [5.41, 5.74) is 1.82. The molecule has 9 heteroatoms. The molecule has 0 saturated heterocycles. The van der Waals surface area contributed by atoms with E-state index in [0.29, 0.717) is 42.6 Å². The number of nitrogens with one attached hydrogen (secondary N) is 1. The lowest BCUT2D eigenvalue weighted by Crippen LogP contribution is -2.52. The van der Waals surface area contributed by atoms with E-state index in [1.54, 1.807) is 19.2 Å². The van der Waals surface area contributed by atoms with Gasteiger partial charge in [0.15, 0.2) is 5.60 Å². The highest BCUT2D eigenvalue weighted by molar-refractivity contribution is 9.10. The van der Waals surface area contributed by atoms with E-state index < -0.39 is 11.6 Å². The molecule has 3 rings (SSSR count). The van der Waals surface area contributed by atoms with Crippen molar-refractivity contribution in [3.05, 3.63) is 82.2 Å². The highest BCUT2D eigenvalue weighted by Gasteiger charge is 2.35. The highest BCUT2D eigenvalue weighted by Crippen LogP contribution is 2.30. The van der Waals surface area contributed by atoms with Crippen LogP contribution in [0.3, 0.4) is 0 Å². The van der Waals surface area contributed by atoms with E-state index in [9.17, 15) is 14.7 Å². The summed E-state index contributed by atoms with van der Waals surface area (Å²) in [5.74, 6) is 0.551. The molecule has 0 aliphatic heterocycles. The van der Waals surface area contributed by atoms with E-state index in [-0.39, 0.29) is 10.5 Å². The van der Waals surface area contributed by atoms with Crippen LogP contribution in [0.15, 0.2) is 64.0 Å². The average molecular weight is 571 g/mol. The number of hydrogen-bond donors (Lipinski definition) is 2. The molecule has 1 unspecified atom stereocenters. The summed E-state index contributed by atoms with van der Waals surface area (Å²) < 4.78 is 12.7. The zero-order chi connectivity index (χ0) is 27.4. The molecule has 2 amide bonds. The minimum absolute atomic E-state index is 0.00382. The van der Waals surface area contributed by atoms with Gasteiger partial charge >= 0.3 is 12.0 Å². The quantitative estimate of drug-likeness (QED) is 0.233. The standard InChI is InChI=1S/C28H32BrN3O5/c1-7-9-20-14-19(12-13-24(20)37-28(3,4)26(33)34)16-32(6,27(35)30-5)17-23-18(2)36-25(31-23)21-10-8-11-22(29)15-21/h7-8,10-15H,1,9,16-17H2,2-6H3,(H-,30,33,34,35)/p+1. The van der Waals surface area contributed by atoms with E-state index in [4.69, 9.17) is 14.1 Å². The molecule has 1 heterocycles. The van der Waals surface area contributed by atoms with Crippen LogP contribution in [-0.2, 0) is 24.3 Å². The normalized spacial score (nSPS) is 13.0. The fourth-order valence-electron chi connectivity index (χ4n) is 3.99. The van der Waals surface area contributed by atoms with Crippen LogP contribution in [0.4, 0.5) is 4.79 Å². The van der Waals surface area contributed by atoms with Crippen LogP contribution < -0.4 is 10.1 Å². The third-order valence-corrected chi connectivity index (χ3v) is 6.56.